The largest absolute Gasteiger partial charge is 0.438 e. The highest BCUT2D eigenvalue weighted by atomic mass is 16.3. The maximum absolute atomic E-state index is 6.77. The summed E-state index contributed by atoms with van der Waals surface area (Å²) in [7, 11) is 0. The first-order valence-electron chi connectivity index (χ1n) is 45.5. The standard InChI is InChI=1S/C64H41N3O.C58H46N2O/c1-3-14-42(15-4-1)43-28-32-49(33-29-43)65(50-18-13-19-51(41-50)66-58-23-10-7-20-55(58)56-21-8-11-24-59(56)66)52-34-36-54-48(39-52)27-26-47-38-45(30-35-53(47)54)46-31-37-61-62(40-46)68-64-63(44-16-5-2-6-17-44)57-22-9-12-25-60(57)67(61)64;1-3-9-41(10-4-1)42-17-23-49(24-18-42)59(50-26-21-48(22-27-50)58-35-38-29-39(36-58)31-40(30-38)37-58)51-25-19-45-32-44(15-16-46(45)33-51)47-20-28-54-55(34-47)61-57-56(43-11-5-2-6-12-43)52-13-7-8-14-53(52)60(54)57/h1-41H;1-28,32-34,38-40H,29-31,35-37H2. The van der Waals surface area contributed by atoms with Gasteiger partial charge >= 0.3 is 0 Å². The van der Waals surface area contributed by atoms with E-state index in [0.717, 1.165) is 135 Å². The van der Waals surface area contributed by atoms with Crippen LogP contribution in [0.2, 0.25) is 0 Å². The molecule has 28 rings (SSSR count). The molecule has 19 aromatic carbocycles. The van der Waals surface area contributed by atoms with Crippen LogP contribution in [0.4, 0.5) is 34.1 Å². The predicted molar refractivity (Wildman–Crippen MR) is 538 cm³/mol. The normalized spacial score (nSPS) is 16.0. The van der Waals surface area contributed by atoms with Gasteiger partial charge in [0.25, 0.3) is 0 Å². The lowest BCUT2D eigenvalue weighted by Crippen LogP contribution is -2.48. The predicted octanol–water partition coefficient (Wildman–Crippen LogP) is 33.6. The monoisotopic (exact) mass is 1650 g/mol. The molecule has 4 aliphatic carbocycles. The molecular weight excluding hydrogens is 1570 g/mol. The van der Waals surface area contributed by atoms with Crippen LogP contribution in [0.5, 0.6) is 0 Å². The Kier molecular flexibility index (Phi) is 17.4. The van der Waals surface area contributed by atoms with Crippen LogP contribution in [-0.4, -0.2) is 13.4 Å². The minimum atomic E-state index is 0.380. The Balaban J connectivity index is 0.000000137. The molecule has 0 radical (unpaired) electrons. The maximum Gasteiger partial charge on any atom is 0.213 e. The van der Waals surface area contributed by atoms with E-state index < -0.39 is 0 Å². The van der Waals surface area contributed by atoms with E-state index in [1.54, 1.807) is 5.56 Å². The van der Waals surface area contributed by atoms with Gasteiger partial charge in [-0.3, -0.25) is 8.80 Å². The molecule has 4 aliphatic rings. The van der Waals surface area contributed by atoms with Crippen LogP contribution in [-0.2, 0) is 5.41 Å². The van der Waals surface area contributed by atoms with Gasteiger partial charge in [-0.1, -0.05) is 297 Å². The molecule has 7 heteroatoms. The maximum atomic E-state index is 6.77. The molecule has 4 bridgehead atoms. The van der Waals surface area contributed by atoms with Crippen LogP contribution in [0.3, 0.4) is 0 Å². The molecule has 0 N–H and O–H groups in total. The third-order valence-electron chi connectivity index (χ3n) is 28.6. The number of anilines is 6. The van der Waals surface area contributed by atoms with E-state index in [0.29, 0.717) is 5.41 Å². The van der Waals surface area contributed by atoms with Crippen molar-refractivity contribution in [2.45, 2.75) is 43.9 Å². The first kappa shape index (κ1) is 74.5. The zero-order valence-electron chi connectivity index (χ0n) is 71.1. The fourth-order valence-corrected chi connectivity index (χ4v) is 23.1. The Hall–Kier alpha value is -16.0. The Labute approximate surface area is 747 Å². The number of benzene rings is 19. The van der Waals surface area contributed by atoms with Gasteiger partial charge in [0.1, 0.15) is 0 Å². The third-order valence-corrected chi connectivity index (χ3v) is 28.6. The van der Waals surface area contributed by atoms with Gasteiger partial charge < -0.3 is 23.2 Å². The highest BCUT2D eigenvalue weighted by molar-refractivity contribution is 6.13. The van der Waals surface area contributed by atoms with Crippen molar-refractivity contribution in [2.75, 3.05) is 9.80 Å². The van der Waals surface area contributed by atoms with Crippen LogP contribution >= 0.6 is 0 Å². The average Bonchev–Trinajstić information content (AvgIpc) is 1.67. The molecule has 0 unspecified atom stereocenters. The van der Waals surface area contributed by atoms with Crippen molar-refractivity contribution < 1.29 is 8.83 Å². The molecule has 4 saturated carbocycles. The highest BCUT2D eigenvalue weighted by Gasteiger charge is 2.51. The van der Waals surface area contributed by atoms with E-state index in [4.69, 9.17) is 8.83 Å². The lowest BCUT2D eigenvalue weighted by molar-refractivity contribution is -0.00518. The van der Waals surface area contributed by atoms with Gasteiger partial charge in [-0.2, -0.15) is 0 Å². The summed E-state index contributed by atoms with van der Waals surface area (Å²) in [6.07, 6.45) is 8.56. The fraction of sp³-hybridized carbons (Fsp3) is 0.0820. The Morgan fingerprint density at radius 3 is 1.08 bits per heavy atom. The number of aromatic nitrogens is 3. The molecular formula is C122H87N5O2. The number of nitrogens with zero attached hydrogens (tertiary/aromatic N) is 5. The number of hydrogen-bond donors (Lipinski definition) is 0. The van der Waals surface area contributed by atoms with E-state index in [1.165, 1.54) is 137 Å². The van der Waals surface area contributed by atoms with Gasteiger partial charge in [0, 0.05) is 61.4 Å². The molecule has 612 valence electrons. The average molecular weight is 1660 g/mol. The molecule has 0 aliphatic heterocycles. The smallest absolute Gasteiger partial charge is 0.213 e. The third kappa shape index (κ3) is 12.6. The van der Waals surface area contributed by atoms with Crippen LogP contribution in [0.15, 0.2) is 446 Å². The van der Waals surface area contributed by atoms with Crippen LogP contribution in [0.25, 0.3) is 182 Å². The van der Waals surface area contributed by atoms with E-state index in [-0.39, 0.29) is 0 Å². The SMILES string of the molecule is c1ccc(-c2ccc(N(c3ccc(C45CC6CC(CC(C6)C4)C5)cc3)c3ccc4cc(-c5ccc6c(c5)oc5c(-c7ccccc7)c7ccccc7n56)ccc4c3)cc2)cc1.c1ccc(-c2ccc(N(c3cccc(-n4c5ccccc5c5ccccc54)c3)c3ccc4c(ccc5cc(-c6ccc7c(c6)oc6c(-c8ccccc8)c8ccccc8n67)ccc54)c3)cc2)cc1. The fourth-order valence-electron chi connectivity index (χ4n) is 23.1. The second kappa shape index (κ2) is 30.2. The lowest BCUT2D eigenvalue weighted by atomic mass is 9.48. The van der Waals surface area contributed by atoms with Crippen molar-refractivity contribution >= 4 is 144 Å². The van der Waals surface area contributed by atoms with Crippen molar-refractivity contribution in [3.8, 4) is 72.4 Å². The first-order valence-corrected chi connectivity index (χ1v) is 45.5. The molecule has 24 aromatic rings. The summed E-state index contributed by atoms with van der Waals surface area (Å²) in [5, 5.41) is 12.1. The zero-order chi connectivity index (χ0) is 84.8. The lowest BCUT2D eigenvalue weighted by Gasteiger charge is -2.57. The zero-order valence-corrected chi connectivity index (χ0v) is 71.1. The molecule has 4 fully saturated rings. The van der Waals surface area contributed by atoms with E-state index >= 15 is 0 Å². The molecule has 5 heterocycles. The van der Waals surface area contributed by atoms with E-state index in [1.807, 2.05) is 0 Å². The van der Waals surface area contributed by atoms with Crippen molar-refractivity contribution in [1.29, 1.82) is 0 Å². The van der Waals surface area contributed by atoms with Crippen LogP contribution in [0.1, 0.15) is 44.1 Å². The summed E-state index contributed by atoms with van der Waals surface area (Å²) in [6, 6.07) is 159. The number of hydrogen-bond acceptors (Lipinski definition) is 4. The summed E-state index contributed by atoms with van der Waals surface area (Å²) in [4.78, 5) is 4.82. The van der Waals surface area contributed by atoms with Gasteiger partial charge in [-0.15, -0.1) is 0 Å². The van der Waals surface area contributed by atoms with E-state index in [2.05, 4.69) is 460 Å². The molecule has 0 atom stereocenters. The van der Waals surface area contributed by atoms with Crippen molar-refractivity contribution in [3.05, 3.63) is 442 Å². The number of rotatable bonds is 14. The summed E-state index contributed by atoms with van der Waals surface area (Å²) < 4.78 is 20.5. The van der Waals surface area contributed by atoms with Gasteiger partial charge in [0.05, 0.1) is 44.2 Å². The quantitative estimate of drug-likeness (QED) is 0.102. The molecule has 0 spiro atoms. The number of fused-ring (bicyclic) bond motifs is 17. The summed E-state index contributed by atoms with van der Waals surface area (Å²) in [5.74, 6) is 2.80. The minimum absolute atomic E-state index is 0.380. The van der Waals surface area contributed by atoms with Gasteiger partial charge in [0.15, 0.2) is 11.2 Å². The molecule has 5 aromatic heterocycles. The van der Waals surface area contributed by atoms with Crippen molar-refractivity contribution in [2.24, 2.45) is 17.8 Å². The molecule has 0 amide bonds. The van der Waals surface area contributed by atoms with Gasteiger partial charge in [-0.25, -0.2) is 0 Å². The molecule has 0 saturated heterocycles. The molecule has 7 nitrogen and oxygen atoms in total. The number of oxazole rings is 2. The Morgan fingerprint density at radius 2 is 0.566 bits per heavy atom. The molecule has 129 heavy (non-hydrogen) atoms. The first-order chi connectivity index (χ1) is 63.8. The summed E-state index contributed by atoms with van der Waals surface area (Å²) in [6.45, 7) is 0. The van der Waals surface area contributed by atoms with Crippen molar-refractivity contribution in [1.82, 2.24) is 13.4 Å². The Bertz CT molecular complexity index is 8420. The van der Waals surface area contributed by atoms with Gasteiger partial charge in [0.2, 0.25) is 11.4 Å². The van der Waals surface area contributed by atoms with E-state index in [9.17, 15) is 0 Å². The second-order valence-electron chi connectivity index (χ2n) is 36.2. The van der Waals surface area contributed by atoms with Gasteiger partial charge in [-0.05, 0) is 295 Å². The van der Waals surface area contributed by atoms with Crippen LogP contribution in [0, 0.1) is 17.8 Å². The number of para-hydroxylation sites is 4. The minimum Gasteiger partial charge on any atom is -0.438 e. The van der Waals surface area contributed by atoms with Crippen molar-refractivity contribution in [3.63, 3.8) is 0 Å². The highest BCUT2D eigenvalue weighted by Crippen LogP contribution is 2.61. The summed E-state index contributed by atoms with van der Waals surface area (Å²) in [5.41, 5.74) is 34.1. The second-order valence-corrected chi connectivity index (χ2v) is 36.2. The summed E-state index contributed by atoms with van der Waals surface area (Å²) >= 11 is 0. The topological polar surface area (TPSA) is 46.5 Å². The Morgan fingerprint density at radius 1 is 0.225 bits per heavy atom. The van der Waals surface area contributed by atoms with Crippen LogP contribution < -0.4 is 9.80 Å².